The molecule has 1 heterocycles. The zero-order valence-corrected chi connectivity index (χ0v) is 18.1. The Morgan fingerprint density at radius 3 is 2.31 bits per heavy atom. The number of hydrogen-bond acceptors (Lipinski definition) is 4. The van der Waals surface area contributed by atoms with Gasteiger partial charge in [0.25, 0.3) is 0 Å². The Kier molecular flexibility index (Phi) is 6.44. The Morgan fingerprint density at radius 1 is 1.09 bits per heavy atom. The normalized spacial score (nSPS) is 18.0. The number of amides is 2. The molecule has 2 aromatic carbocycles. The lowest BCUT2D eigenvalue weighted by Crippen LogP contribution is -2.46. The summed E-state index contributed by atoms with van der Waals surface area (Å²) in [6.07, 6.45) is 1.08. The lowest BCUT2D eigenvalue weighted by Gasteiger charge is -2.26. The van der Waals surface area contributed by atoms with Crippen molar-refractivity contribution in [3.05, 3.63) is 59.7 Å². The number of alkyl carbamates (subject to hydrolysis) is 1. The van der Waals surface area contributed by atoms with Crippen LogP contribution in [0.15, 0.2) is 48.5 Å². The molecule has 32 heavy (non-hydrogen) atoms. The summed E-state index contributed by atoms with van der Waals surface area (Å²) < 4.78 is 5.53. The summed E-state index contributed by atoms with van der Waals surface area (Å²) in [4.78, 5) is 38.0. The van der Waals surface area contributed by atoms with Gasteiger partial charge in [0.15, 0.2) is 0 Å². The van der Waals surface area contributed by atoms with E-state index in [9.17, 15) is 19.5 Å². The van der Waals surface area contributed by atoms with Gasteiger partial charge in [-0.05, 0) is 41.5 Å². The number of carboxylic acid groups (broad SMARTS) is 1. The summed E-state index contributed by atoms with van der Waals surface area (Å²) >= 11 is 0. The molecule has 0 bridgehead atoms. The first-order valence-electron chi connectivity index (χ1n) is 11.1. The highest BCUT2D eigenvalue weighted by atomic mass is 16.5. The average molecular weight is 437 g/mol. The quantitative estimate of drug-likeness (QED) is 0.691. The summed E-state index contributed by atoms with van der Waals surface area (Å²) in [5.41, 5.74) is 4.59. The summed E-state index contributed by atoms with van der Waals surface area (Å²) in [5.74, 6) is -1.71. The number of rotatable bonds is 7. The standard InChI is InChI=1S/C25H28N2O5/c1-2-16(23(28)27-13-7-12-22(27)24(29)30)14-26-25(31)32-15-21-19-10-5-3-8-17(19)18-9-4-6-11-20(18)21/h3-6,8-11,16,21-22H,2,7,12-15H2,1H3,(H,26,31)(H,29,30). The first-order chi connectivity index (χ1) is 15.5. The maximum absolute atomic E-state index is 12.8. The number of likely N-dealkylation sites (tertiary alicyclic amines) is 1. The molecule has 0 saturated carbocycles. The number of hydrogen-bond donors (Lipinski definition) is 2. The molecule has 7 heteroatoms. The van der Waals surface area contributed by atoms with E-state index in [0.717, 1.165) is 22.3 Å². The van der Waals surface area contributed by atoms with Gasteiger partial charge in [-0.3, -0.25) is 4.79 Å². The SMILES string of the molecule is CCC(CNC(=O)OCC1c2ccccc2-c2ccccc21)C(=O)N1CCCC1C(=O)O. The number of benzene rings is 2. The second-order valence-electron chi connectivity index (χ2n) is 8.34. The smallest absolute Gasteiger partial charge is 0.407 e. The highest BCUT2D eigenvalue weighted by Crippen LogP contribution is 2.44. The lowest BCUT2D eigenvalue weighted by molar-refractivity contribution is -0.149. The third-order valence-electron chi connectivity index (χ3n) is 6.50. The minimum absolute atomic E-state index is 0.0299. The van der Waals surface area contributed by atoms with E-state index in [0.29, 0.717) is 25.8 Å². The van der Waals surface area contributed by atoms with Crippen LogP contribution in [-0.2, 0) is 14.3 Å². The van der Waals surface area contributed by atoms with Crippen molar-refractivity contribution >= 4 is 18.0 Å². The van der Waals surface area contributed by atoms with Crippen molar-refractivity contribution in [1.29, 1.82) is 0 Å². The number of carbonyl (C=O) groups excluding carboxylic acids is 2. The number of carbonyl (C=O) groups is 3. The monoisotopic (exact) mass is 436 g/mol. The van der Waals surface area contributed by atoms with E-state index in [1.807, 2.05) is 31.2 Å². The topological polar surface area (TPSA) is 95.9 Å². The molecular weight excluding hydrogens is 408 g/mol. The van der Waals surface area contributed by atoms with Crippen LogP contribution in [0.1, 0.15) is 43.2 Å². The molecule has 1 saturated heterocycles. The molecule has 2 aliphatic rings. The van der Waals surface area contributed by atoms with E-state index >= 15 is 0 Å². The van der Waals surface area contributed by atoms with Crippen molar-refractivity contribution in [2.75, 3.05) is 19.7 Å². The van der Waals surface area contributed by atoms with E-state index in [1.165, 1.54) is 4.90 Å². The predicted molar refractivity (Wildman–Crippen MR) is 119 cm³/mol. The Bertz CT molecular complexity index is 975. The largest absolute Gasteiger partial charge is 0.480 e. The van der Waals surface area contributed by atoms with E-state index in [1.54, 1.807) is 0 Å². The number of nitrogens with zero attached hydrogens (tertiary/aromatic N) is 1. The van der Waals surface area contributed by atoms with Crippen LogP contribution in [0.25, 0.3) is 11.1 Å². The van der Waals surface area contributed by atoms with Gasteiger partial charge in [0.2, 0.25) is 5.91 Å². The zero-order valence-electron chi connectivity index (χ0n) is 18.1. The maximum Gasteiger partial charge on any atom is 0.407 e. The Labute approximate surface area is 187 Å². The summed E-state index contributed by atoms with van der Waals surface area (Å²) in [5, 5.41) is 12.0. The fraction of sp³-hybridized carbons (Fsp3) is 0.400. The molecule has 0 spiro atoms. The van der Waals surface area contributed by atoms with Gasteiger partial charge < -0.3 is 20.1 Å². The molecule has 2 atom stereocenters. The number of ether oxygens (including phenoxy) is 1. The van der Waals surface area contributed by atoms with Crippen molar-refractivity contribution in [1.82, 2.24) is 10.2 Å². The summed E-state index contributed by atoms with van der Waals surface area (Å²) in [6.45, 7) is 2.62. The summed E-state index contributed by atoms with van der Waals surface area (Å²) in [7, 11) is 0. The van der Waals surface area contributed by atoms with Crippen LogP contribution < -0.4 is 5.32 Å². The van der Waals surface area contributed by atoms with Crippen molar-refractivity contribution in [3.8, 4) is 11.1 Å². The van der Waals surface area contributed by atoms with Crippen LogP contribution >= 0.6 is 0 Å². The highest BCUT2D eigenvalue weighted by molar-refractivity contribution is 5.86. The van der Waals surface area contributed by atoms with Gasteiger partial charge in [0, 0.05) is 19.0 Å². The Morgan fingerprint density at radius 2 is 1.72 bits per heavy atom. The fourth-order valence-corrected chi connectivity index (χ4v) is 4.78. The van der Waals surface area contributed by atoms with Crippen molar-refractivity contribution in [2.45, 2.75) is 38.1 Å². The molecule has 2 N–H and O–H groups in total. The summed E-state index contributed by atoms with van der Waals surface area (Å²) in [6, 6.07) is 15.5. The molecule has 2 aromatic rings. The van der Waals surface area contributed by atoms with Crippen LogP contribution in [0.2, 0.25) is 0 Å². The van der Waals surface area contributed by atoms with Gasteiger partial charge >= 0.3 is 12.1 Å². The van der Waals surface area contributed by atoms with E-state index in [-0.39, 0.29) is 25.0 Å². The Hall–Kier alpha value is -3.35. The lowest BCUT2D eigenvalue weighted by atomic mass is 9.98. The average Bonchev–Trinajstić information content (AvgIpc) is 3.41. The van der Waals surface area contributed by atoms with Crippen LogP contribution in [0.4, 0.5) is 4.79 Å². The van der Waals surface area contributed by atoms with Gasteiger partial charge in [-0.15, -0.1) is 0 Å². The number of aliphatic carboxylic acids is 1. The van der Waals surface area contributed by atoms with Gasteiger partial charge in [-0.1, -0.05) is 55.5 Å². The Balaban J connectivity index is 1.34. The number of carboxylic acids is 1. The number of nitrogens with one attached hydrogen (secondary N) is 1. The van der Waals surface area contributed by atoms with Crippen LogP contribution in [0.5, 0.6) is 0 Å². The van der Waals surface area contributed by atoms with Crippen LogP contribution in [0, 0.1) is 5.92 Å². The highest BCUT2D eigenvalue weighted by Gasteiger charge is 2.36. The molecule has 4 rings (SSSR count). The first kappa shape index (κ1) is 21.9. The molecule has 1 fully saturated rings. The molecule has 168 valence electrons. The third kappa shape index (κ3) is 4.20. The second-order valence-corrected chi connectivity index (χ2v) is 8.34. The maximum atomic E-state index is 12.8. The predicted octanol–water partition coefficient (Wildman–Crippen LogP) is 3.63. The van der Waals surface area contributed by atoms with Gasteiger partial charge in [0.05, 0.1) is 5.92 Å². The van der Waals surface area contributed by atoms with Crippen LogP contribution in [-0.4, -0.2) is 53.7 Å². The minimum Gasteiger partial charge on any atom is -0.480 e. The van der Waals surface area contributed by atoms with Gasteiger partial charge in [-0.2, -0.15) is 0 Å². The van der Waals surface area contributed by atoms with E-state index in [4.69, 9.17) is 4.74 Å². The van der Waals surface area contributed by atoms with Crippen LogP contribution in [0.3, 0.4) is 0 Å². The van der Waals surface area contributed by atoms with Gasteiger partial charge in [0.1, 0.15) is 12.6 Å². The molecule has 2 unspecified atom stereocenters. The van der Waals surface area contributed by atoms with E-state index < -0.39 is 24.0 Å². The second kappa shape index (κ2) is 9.42. The van der Waals surface area contributed by atoms with Crippen molar-refractivity contribution < 1.29 is 24.2 Å². The molecule has 2 amide bonds. The first-order valence-corrected chi connectivity index (χ1v) is 11.1. The zero-order chi connectivity index (χ0) is 22.7. The molecule has 0 aromatic heterocycles. The molecule has 1 aliphatic carbocycles. The van der Waals surface area contributed by atoms with Crippen molar-refractivity contribution in [2.24, 2.45) is 5.92 Å². The van der Waals surface area contributed by atoms with E-state index in [2.05, 4.69) is 29.6 Å². The minimum atomic E-state index is -0.977. The number of fused-ring (bicyclic) bond motifs is 3. The van der Waals surface area contributed by atoms with Crippen molar-refractivity contribution in [3.63, 3.8) is 0 Å². The third-order valence-corrected chi connectivity index (χ3v) is 6.50. The molecular formula is C25H28N2O5. The molecule has 7 nitrogen and oxygen atoms in total. The molecule has 0 radical (unpaired) electrons. The molecule has 1 aliphatic heterocycles. The fourth-order valence-electron chi connectivity index (χ4n) is 4.78. The van der Waals surface area contributed by atoms with Gasteiger partial charge in [-0.25, -0.2) is 9.59 Å².